The molecule has 0 amide bonds. The lowest BCUT2D eigenvalue weighted by atomic mass is 9.89. The Labute approximate surface area is 126 Å². The van der Waals surface area contributed by atoms with Crippen molar-refractivity contribution < 1.29 is 14.2 Å². The lowest BCUT2D eigenvalue weighted by Gasteiger charge is -2.38. The van der Waals surface area contributed by atoms with E-state index in [1.165, 1.54) is 24.8 Å². The number of rotatable bonds is 5. The van der Waals surface area contributed by atoms with E-state index in [-0.39, 0.29) is 12.4 Å². The van der Waals surface area contributed by atoms with Crippen LogP contribution < -0.4 is 19.5 Å². The first kappa shape index (κ1) is 14.5. The molecule has 21 heavy (non-hydrogen) atoms. The third kappa shape index (κ3) is 2.95. The Hall–Kier alpha value is -1.42. The second-order valence-corrected chi connectivity index (χ2v) is 6.50. The molecule has 1 N–H and O–H groups in total. The molecular weight excluding hydrogens is 266 g/mol. The van der Waals surface area contributed by atoms with Gasteiger partial charge in [-0.15, -0.1) is 0 Å². The van der Waals surface area contributed by atoms with Crippen LogP contribution in [0.3, 0.4) is 0 Å². The highest BCUT2D eigenvalue weighted by Crippen LogP contribution is 2.50. The molecule has 1 aromatic carbocycles. The lowest BCUT2D eigenvalue weighted by molar-refractivity contribution is 0.0611. The molecular formula is C17H25NO3. The fourth-order valence-electron chi connectivity index (χ4n) is 3.09. The van der Waals surface area contributed by atoms with E-state index in [4.69, 9.17) is 14.2 Å². The fraction of sp³-hybridized carbons (Fsp3) is 0.647. The molecule has 0 aliphatic carbocycles. The number of nitrogens with one attached hydrogen (secondary N) is 1. The summed E-state index contributed by atoms with van der Waals surface area (Å²) in [5, 5.41) is 3.68. The number of ether oxygens (including phenoxy) is 3. The van der Waals surface area contributed by atoms with Crippen LogP contribution in [0, 0.1) is 0 Å². The van der Waals surface area contributed by atoms with Gasteiger partial charge in [0.15, 0.2) is 11.5 Å². The van der Waals surface area contributed by atoms with Crippen molar-refractivity contribution in [2.24, 2.45) is 0 Å². The van der Waals surface area contributed by atoms with Crippen molar-refractivity contribution in [2.75, 3.05) is 13.3 Å². The minimum Gasteiger partial charge on any atom is -0.483 e. The maximum absolute atomic E-state index is 6.17. The van der Waals surface area contributed by atoms with Gasteiger partial charge in [0, 0.05) is 18.0 Å². The Kier molecular flexibility index (Phi) is 3.98. The third-order valence-corrected chi connectivity index (χ3v) is 4.14. The molecule has 0 saturated heterocycles. The van der Waals surface area contributed by atoms with Gasteiger partial charge in [-0.3, -0.25) is 0 Å². The summed E-state index contributed by atoms with van der Waals surface area (Å²) in [6.45, 7) is 7.82. The minimum absolute atomic E-state index is 0.198. The van der Waals surface area contributed by atoms with Crippen LogP contribution >= 0.6 is 0 Å². The highest BCUT2D eigenvalue weighted by Gasteiger charge is 2.37. The monoisotopic (exact) mass is 291 g/mol. The molecule has 2 aliphatic rings. The summed E-state index contributed by atoms with van der Waals surface area (Å²) in [5.74, 6) is 2.41. The van der Waals surface area contributed by atoms with Crippen molar-refractivity contribution in [3.8, 4) is 17.2 Å². The van der Waals surface area contributed by atoms with E-state index in [2.05, 4.69) is 32.2 Å². The second kappa shape index (κ2) is 5.76. The molecule has 0 fully saturated rings. The summed E-state index contributed by atoms with van der Waals surface area (Å²) in [4.78, 5) is 0. The van der Waals surface area contributed by atoms with Crippen LogP contribution in [0.5, 0.6) is 17.2 Å². The normalized spacial score (nSPS) is 21.8. The Balaban J connectivity index is 1.83. The first-order chi connectivity index (χ1) is 10.1. The van der Waals surface area contributed by atoms with E-state index in [1.807, 2.05) is 6.07 Å². The van der Waals surface area contributed by atoms with Crippen molar-refractivity contribution in [2.45, 2.75) is 58.1 Å². The van der Waals surface area contributed by atoms with Crippen LogP contribution in [0.2, 0.25) is 0 Å². The summed E-state index contributed by atoms with van der Waals surface area (Å²) in [6, 6.07) is 4.41. The number of fused-ring (bicyclic) bond motifs is 3. The maximum atomic E-state index is 6.17. The summed E-state index contributed by atoms with van der Waals surface area (Å²) < 4.78 is 17.2. The van der Waals surface area contributed by atoms with Crippen molar-refractivity contribution in [1.29, 1.82) is 0 Å². The minimum atomic E-state index is -0.198. The maximum Gasteiger partial charge on any atom is 0.231 e. The van der Waals surface area contributed by atoms with Crippen molar-refractivity contribution in [3.63, 3.8) is 0 Å². The molecule has 0 spiro atoms. The fourth-order valence-corrected chi connectivity index (χ4v) is 3.09. The van der Waals surface area contributed by atoms with Crippen LogP contribution in [0.15, 0.2) is 12.1 Å². The molecule has 4 nitrogen and oxygen atoms in total. The van der Waals surface area contributed by atoms with Crippen LogP contribution in [0.25, 0.3) is 0 Å². The van der Waals surface area contributed by atoms with E-state index < -0.39 is 0 Å². The average molecular weight is 291 g/mol. The number of benzene rings is 1. The highest BCUT2D eigenvalue weighted by molar-refractivity contribution is 5.58. The van der Waals surface area contributed by atoms with Gasteiger partial charge in [-0.05, 0) is 38.9 Å². The zero-order chi connectivity index (χ0) is 14.9. The second-order valence-electron chi connectivity index (χ2n) is 6.50. The molecule has 3 rings (SSSR count). The first-order valence-electron chi connectivity index (χ1n) is 7.95. The number of hydrogen-bond acceptors (Lipinski definition) is 4. The topological polar surface area (TPSA) is 39.7 Å². The summed E-state index contributed by atoms with van der Waals surface area (Å²) in [6.07, 6.45) is 4.70. The molecule has 0 radical (unpaired) electrons. The Morgan fingerprint density at radius 3 is 2.86 bits per heavy atom. The van der Waals surface area contributed by atoms with Gasteiger partial charge in [-0.2, -0.15) is 0 Å². The first-order valence-corrected chi connectivity index (χ1v) is 7.95. The molecule has 1 unspecified atom stereocenters. The van der Waals surface area contributed by atoms with E-state index in [0.717, 1.165) is 30.2 Å². The molecule has 4 heteroatoms. The molecule has 2 aliphatic heterocycles. The third-order valence-electron chi connectivity index (χ3n) is 4.14. The SMILES string of the molecule is CCCCCNC1CC(C)(C)Oc2c1ccc1c2OCO1. The average Bonchev–Trinajstić information content (AvgIpc) is 2.91. The zero-order valence-electron chi connectivity index (χ0n) is 13.2. The van der Waals surface area contributed by atoms with Crippen molar-refractivity contribution >= 4 is 0 Å². The zero-order valence-corrected chi connectivity index (χ0v) is 13.2. The smallest absolute Gasteiger partial charge is 0.231 e. The van der Waals surface area contributed by atoms with Crippen LogP contribution in [-0.2, 0) is 0 Å². The number of unbranched alkanes of at least 4 members (excludes halogenated alkanes) is 2. The van der Waals surface area contributed by atoms with E-state index >= 15 is 0 Å². The summed E-state index contributed by atoms with van der Waals surface area (Å²) in [7, 11) is 0. The standard InChI is InChI=1S/C17H25NO3/c1-4-5-6-9-18-13-10-17(2,3)21-15-12(13)7-8-14-16(15)20-11-19-14/h7-8,13,18H,4-6,9-11H2,1-3H3. The molecule has 1 atom stereocenters. The number of hydrogen-bond donors (Lipinski definition) is 1. The molecule has 116 valence electrons. The predicted octanol–water partition coefficient (Wildman–Crippen LogP) is 3.80. The van der Waals surface area contributed by atoms with E-state index in [9.17, 15) is 0 Å². The van der Waals surface area contributed by atoms with Crippen LogP contribution in [0.1, 0.15) is 58.1 Å². The van der Waals surface area contributed by atoms with E-state index in [0.29, 0.717) is 6.04 Å². The molecule has 0 aromatic heterocycles. The van der Waals surface area contributed by atoms with E-state index in [1.54, 1.807) is 0 Å². The van der Waals surface area contributed by atoms with Crippen LogP contribution in [-0.4, -0.2) is 18.9 Å². The largest absolute Gasteiger partial charge is 0.483 e. The molecule has 0 saturated carbocycles. The van der Waals surface area contributed by atoms with Crippen LogP contribution in [0.4, 0.5) is 0 Å². The molecule has 0 bridgehead atoms. The van der Waals surface area contributed by atoms with Gasteiger partial charge in [0.05, 0.1) is 0 Å². The quantitative estimate of drug-likeness (QED) is 0.838. The van der Waals surface area contributed by atoms with Crippen molar-refractivity contribution in [3.05, 3.63) is 17.7 Å². The Bertz CT molecular complexity index is 513. The summed E-state index contributed by atoms with van der Waals surface area (Å²) in [5.41, 5.74) is 0.992. The Morgan fingerprint density at radius 2 is 2.05 bits per heavy atom. The predicted molar refractivity (Wildman–Crippen MR) is 82.2 cm³/mol. The molecule has 2 heterocycles. The lowest BCUT2D eigenvalue weighted by Crippen LogP contribution is -2.39. The Morgan fingerprint density at radius 1 is 1.19 bits per heavy atom. The van der Waals surface area contributed by atoms with Gasteiger partial charge in [-0.25, -0.2) is 0 Å². The van der Waals surface area contributed by atoms with Gasteiger partial charge in [0.25, 0.3) is 0 Å². The van der Waals surface area contributed by atoms with Crippen molar-refractivity contribution in [1.82, 2.24) is 5.32 Å². The van der Waals surface area contributed by atoms with Gasteiger partial charge in [-0.1, -0.05) is 19.8 Å². The molecule has 1 aromatic rings. The van der Waals surface area contributed by atoms with Gasteiger partial charge in [0.1, 0.15) is 5.60 Å². The van der Waals surface area contributed by atoms with Gasteiger partial charge >= 0.3 is 0 Å². The summed E-state index contributed by atoms with van der Waals surface area (Å²) >= 11 is 0. The van der Waals surface area contributed by atoms with Gasteiger partial charge < -0.3 is 19.5 Å². The highest BCUT2D eigenvalue weighted by atomic mass is 16.7. The van der Waals surface area contributed by atoms with Gasteiger partial charge in [0.2, 0.25) is 12.5 Å².